The van der Waals surface area contributed by atoms with E-state index >= 15 is 0 Å². The van der Waals surface area contributed by atoms with Gasteiger partial charge < -0.3 is 20.1 Å². The Morgan fingerprint density at radius 1 is 1.26 bits per heavy atom. The standard InChI is InChI=1S/C18H28F2N4O2.HI/c1-3-21-18(23-13-14(2)24-7-10-25-11-8-24)22-6-9-26-15-4-5-16(19)17(20)12-15;/h4-5,12,14H,3,6-11,13H2,1-2H3,(H2,21,22,23);1H. The van der Waals surface area contributed by atoms with Gasteiger partial charge in [0.05, 0.1) is 26.3 Å². The normalized spacial score (nSPS) is 16.4. The maximum atomic E-state index is 13.1. The third-order valence-electron chi connectivity index (χ3n) is 4.08. The zero-order valence-corrected chi connectivity index (χ0v) is 18.2. The van der Waals surface area contributed by atoms with Crippen LogP contribution in [0, 0.1) is 11.6 Å². The third kappa shape index (κ3) is 8.56. The maximum Gasteiger partial charge on any atom is 0.191 e. The van der Waals surface area contributed by atoms with Gasteiger partial charge in [0, 0.05) is 31.7 Å². The number of hydrogen-bond donors (Lipinski definition) is 2. The van der Waals surface area contributed by atoms with Crippen molar-refractivity contribution in [2.45, 2.75) is 19.9 Å². The minimum atomic E-state index is -0.914. The molecule has 1 aliphatic rings. The fraction of sp³-hybridized carbons (Fsp3) is 0.611. The molecular weight excluding hydrogens is 469 g/mol. The Kier molecular flexibility index (Phi) is 11.5. The number of guanidine groups is 1. The quantitative estimate of drug-likeness (QED) is 0.249. The van der Waals surface area contributed by atoms with Crippen LogP contribution in [0.4, 0.5) is 8.78 Å². The maximum absolute atomic E-state index is 13.1. The van der Waals surface area contributed by atoms with Gasteiger partial charge in [0.15, 0.2) is 17.6 Å². The summed E-state index contributed by atoms with van der Waals surface area (Å²) in [5.74, 6) is -0.788. The number of rotatable bonds is 8. The SMILES string of the molecule is CCNC(=NCC(C)N1CCOCC1)NCCOc1ccc(F)c(F)c1.I. The summed E-state index contributed by atoms with van der Waals surface area (Å²) < 4.78 is 36.8. The van der Waals surface area contributed by atoms with E-state index in [0.29, 0.717) is 37.4 Å². The van der Waals surface area contributed by atoms with Crippen molar-refractivity contribution < 1.29 is 18.3 Å². The summed E-state index contributed by atoms with van der Waals surface area (Å²) in [6.07, 6.45) is 0. The van der Waals surface area contributed by atoms with Gasteiger partial charge in [0.2, 0.25) is 0 Å². The lowest BCUT2D eigenvalue weighted by molar-refractivity contribution is 0.0220. The molecule has 27 heavy (non-hydrogen) atoms. The molecule has 1 aromatic carbocycles. The Labute approximate surface area is 176 Å². The molecule has 9 heteroatoms. The van der Waals surface area contributed by atoms with E-state index in [4.69, 9.17) is 9.47 Å². The van der Waals surface area contributed by atoms with E-state index < -0.39 is 11.6 Å². The van der Waals surface area contributed by atoms with E-state index in [9.17, 15) is 8.78 Å². The molecule has 2 N–H and O–H groups in total. The Balaban J connectivity index is 0.00000364. The molecular formula is C18H29F2IN4O2. The summed E-state index contributed by atoms with van der Waals surface area (Å²) >= 11 is 0. The highest BCUT2D eigenvalue weighted by Gasteiger charge is 2.16. The summed E-state index contributed by atoms with van der Waals surface area (Å²) in [6.45, 7) is 9.81. The number of aliphatic imine (C=N–C) groups is 1. The second kappa shape index (κ2) is 13.1. The van der Waals surface area contributed by atoms with Crippen LogP contribution >= 0.6 is 24.0 Å². The fourth-order valence-electron chi connectivity index (χ4n) is 2.60. The highest BCUT2D eigenvalue weighted by molar-refractivity contribution is 14.0. The van der Waals surface area contributed by atoms with Crippen molar-refractivity contribution in [3.8, 4) is 5.75 Å². The molecule has 154 valence electrons. The van der Waals surface area contributed by atoms with Crippen LogP contribution in [0.15, 0.2) is 23.2 Å². The lowest BCUT2D eigenvalue weighted by atomic mass is 10.2. The van der Waals surface area contributed by atoms with Crippen molar-refractivity contribution in [3.63, 3.8) is 0 Å². The van der Waals surface area contributed by atoms with Crippen LogP contribution in [-0.4, -0.2) is 69.4 Å². The predicted octanol–water partition coefficient (Wildman–Crippen LogP) is 2.24. The molecule has 6 nitrogen and oxygen atoms in total. The van der Waals surface area contributed by atoms with E-state index in [1.165, 1.54) is 6.07 Å². The molecule has 0 bridgehead atoms. The molecule has 1 saturated heterocycles. The number of halogens is 3. The van der Waals surface area contributed by atoms with Crippen LogP contribution in [-0.2, 0) is 4.74 Å². The van der Waals surface area contributed by atoms with E-state index in [1.54, 1.807) is 0 Å². The summed E-state index contributed by atoms with van der Waals surface area (Å²) in [5.41, 5.74) is 0. The summed E-state index contributed by atoms with van der Waals surface area (Å²) in [5, 5.41) is 6.36. The van der Waals surface area contributed by atoms with Gasteiger partial charge in [-0.05, 0) is 26.0 Å². The topological polar surface area (TPSA) is 58.1 Å². The zero-order chi connectivity index (χ0) is 18.8. The number of hydrogen-bond acceptors (Lipinski definition) is 4. The van der Waals surface area contributed by atoms with Gasteiger partial charge in [-0.15, -0.1) is 24.0 Å². The molecule has 2 rings (SSSR count). The minimum absolute atomic E-state index is 0. The summed E-state index contributed by atoms with van der Waals surface area (Å²) in [4.78, 5) is 6.97. The van der Waals surface area contributed by atoms with Crippen LogP contribution in [0.1, 0.15) is 13.8 Å². The lowest BCUT2D eigenvalue weighted by Crippen LogP contribution is -2.44. The highest BCUT2D eigenvalue weighted by Crippen LogP contribution is 2.14. The smallest absolute Gasteiger partial charge is 0.191 e. The van der Waals surface area contributed by atoms with Crippen molar-refractivity contribution in [2.24, 2.45) is 4.99 Å². The van der Waals surface area contributed by atoms with Crippen molar-refractivity contribution in [2.75, 3.05) is 52.5 Å². The second-order valence-corrected chi connectivity index (χ2v) is 6.07. The monoisotopic (exact) mass is 498 g/mol. The third-order valence-corrected chi connectivity index (χ3v) is 4.08. The van der Waals surface area contributed by atoms with Gasteiger partial charge in [0.1, 0.15) is 12.4 Å². The molecule has 0 radical (unpaired) electrons. The molecule has 1 aliphatic heterocycles. The molecule has 0 aliphatic carbocycles. The van der Waals surface area contributed by atoms with Gasteiger partial charge >= 0.3 is 0 Å². The van der Waals surface area contributed by atoms with Gasteiger partial charge in [-0.25, -0.2) is 8.78 Å². The van der Waals surface area contributed by atoms with Crippen molar-refractivity contribution >= 4 is 29.9 Å². The van der Waals surface area contributed by atoms with Crippen molar-refractivity contribution in [1.82, 2.24) is 15.5 Å². The Morgan fingerprint density at radius 3 is 2.67 bits per heavy atom. The average molecular weight is 498 g/mol. The molecule has 1 aromatic rings. The summed E-state index contributed by atoms with van der Waals surface area (Å²) in [7, 11) is 0. The first-order valence-corrected chi connectivity index (χ1v) is 9.02. The average Bonchev–Trinajstić information content (AvgIpc) is 2.66. The van der Waals surface area contributed by atoms with Gasteiger partial charge in [-0.2, -0.15) is 0 Å². The van der Waals surface area contributed by atoms with Gasteiger partial charge in [-0.1, -0.05) is 0 Å². The van der Waals surface area contributed by atoms with Crippen LogP contribution in [0.2, 0.25) is 0 Å². The first-order chi connectivity index (χ1) is 12.6. The molecule has 1 fully saturated rings. The van der Waals surface area contributed by atoms with Crippen LogP contribution in [0.25, 0.3) is 0 Å². The van der Waals surface area contributed by atoms with Crippen LogP contribution < -0.4 is 15.4 Å². The van der Waals surface area contributed by atoms with Crippen molar-refractivity contribution in [3.05, 3.63) is 29.8 Å². The Morgan fingerprint density at radius 2 is 2.00 bits per heavy atom. The number of nitrogens with zero attached hydrogens (tertiary/aromatic N) is 2. The van der Waals surface area contributed by atoms with Crippen LogP contribution in [0.5, 0.6) is 5.75 Å². The number of benzene rings is 1. The van der Waals surface area contributed by atoms with E-state index in [2.05, 4.69) is 27.4 Å². The zero-order valence-electron chi connectivity index (χ0n) is 15.8. The molecule has 0 aromatic heterocycles. The van der Waals surface area contributed by atoms with E-state index in [0.717, 1.165) is 45.0 Å². The van der Waals surface area contributed by atoms with Gasteiger partial charge in [0.25, 0.3) is 0 Å². The number of nitrogens with one attached hydrogen (secondary N) is 2. The molecule has 1 heterocycles. The lowest BCUT2D eigenvalue weighted by Gasteiger charge is -2.31. The molecule has 1 atom stereocenters. The largest absolute Gasteiger partial charge is 0.492 e. The Hall–Kier alpha value is -1.20. The molecule has 0 spiro atoms. The molecule has 0 saturated carbocycles. The van der Waals surface area contributed by atoms with Crippen molar-refractivity contribution in [1.29, 1.82) is 0 Å². The first-order valence-electron chi connectivity index (χ1n) is 9.02. The predicted molar refractivity (Wildman–Crippen MR) is 113 cm³/mol. The minimum Gasteiger partial charge on any atom is -0.492 e. The highest BCUT2D eigenvalue weighted by atomic mass is 127. The Bertz CT molecular complexity index is 586. The van der Waals surface area contributed by atoms with E-state index in [-0.39, 0.29) is 24.0 Å². The number of ether oxygens (including phenoxy) is 2. The molecule has 1 unspecified atom stereocenters. The second-order valence-electron chi connectivity index (χ2n) is 6.07. The summed E-state index contributed by atoms with van der Waals surface area (Å²) in [6, 6.07) is 3.84. The number of morpholine rings is 1. The molecule has 0 amide bonds. The van der Waals surface area contributed by atoms with Gasteiger partial charge in [-0.3, -0.25) is 9.89 Å². The van der Waals surface area contributed by atoms with Crippen LogP contribution in [0.3, 0.4) is 0 Å². The fourth-order valence-corrected chi connectivity index (χ4v) is 2.60. The first kappa shape index (κ1) is 23.8. The van der Waals surface area contributed by atoms with E-state index in [1.807, 2.05) is 6.92 Å².